The minimum absolute atomic E-state index is 0.0710. The van der Waals surface area contributed by atoms with E-state index in [2.05, 4.69) is 20.2 Å². The number of fused-ring (bicyclic) bond motifs is 1. The molecule has 3 aromatic rings. The number of para-hydroxylation sites is 1. The van der Waals surface area contributed by atoms with Crippen molar-refractivity contribution < 1.29 is 9.18 Å². The second-order valence-corrected chi connectivity index (χ2v) is 7.55. The van der Waals surface area contributed by atoms with Crippen LogP contribution in [0.3, 0.4) is 0 Å². The Morgan fingerprint density at radius 2 is 2.19 bits per heavy atom. The number of halogens is 1. The normalized spacial score (nSPS) is 16.1. The second-order valence-electron chi connectivity index (χ2n) is 6.52. The Bertz CT molecular complexity index is 983. The van der Waals surface area contributed by atoms with Crippen LogP contribution in [0.4, 0.5) is 9.52 Å². The largest absolute Gasteiger partial charge is 0.301 e. The zero-order valence-corrected chi connectivity index (χ0v) is 15.7. The molecule has 1 amide bonds. The number of aromatic nitrogens is 2. The van der Waals surface area contributed by atoms with Gasteiger partial charge in [0.1, 0.15) is 5.82 Å². The number of rotatable bonds is 4. The SMILES string of the molecule is C[C@H](C(=O)Nc1nc2ccccc2s1)N1CC=C(c2cncc(F)c2)CC1. The Morgan fingerprint density at radius 3 is 2.93 bits per heavy atom. The summed E-state index contributed by atoms with van der Waals surface area (Å²) in [7, 11) is 0. The van der Waals surface area contributed by atoms with Crippen molar-refractivity contribution in [3.8, 4) is 0 Å². The third-order valence-corrected chi connectivity index (χ3v) is 5.72. The van der Waals surface area contributed by atoms with E-state index >= 15 is 0 Å². The highest BCUT2D eigenvalue weighted by Gasteiger charge is 2.24. The predicted octanol–water partition coefficient (Wildman–Crippen LogP) is 3.95. The van der Waals surface area contributed by atoms with Crippen molar-refractivity contribution in [3.63, 3.8) is 0 Å². The molecule has 27 heavy (non-hydrogen) atoms. The summed E-state index contributed by atoms with van der Waals surface area (Å²) in [5.41, 5.74) is 2.76. The molecule has 0 fully saturated rings. The molecule has 0 unspecified atom stereocenters. The van der Waals surface area contributed by atoms with Gasteiger partial charge >= 0.3 is 0 Å². The van der Waals surface area contributed by atoms with Crippen LogP contribution in [0, 0.1) is 5.82 Å². The first-order valence-electron chi connectivity index (χ1n) is 8.80. The topological polar surface area (TPSA) is 58.1 Å². The molecule has 7 heteroatoms. The van der Waals surface area contributed by atoms with Crippen molar-refractivity contribution in [1.29, 1.82) is 0 Å². The minimum Gasteiger partial charge on any atom is -0.301 e. The van der Waals surface area contributed by atoms with Crippen molar-refractivity contribution >= 4 is 38.2 Å². The van der Waals surface area contributed by atoms with Crippen molar-refractivity contribution in [2.24, 2.45) is 0 Å². The zero-order chi connectivity index (χ0) is 18.8. The molecule has 138 valence electrons. The van der Waals surface area contributed by atoms with Gasteiger partial charge in [-0.25, -0.2) is 9.37 Å². The molecule has 5 nitrogen and oxygen atoms in total. The number of pyridine rings is 1. The maximum absolute atomic E-state index is 13.4. The number of nitrogens with one attached hydrogen (secondary N) is 1. The maximum Gasteiger partial charge on any atom is 0.243 e. The van der Waals surface area contributed by atoms with Gasteiger partial charge in [0.25, 0.3) is 0 Å². The standard InChI is InChI=1S/C20H19FN4OS/c1-13(19(26)24-20-23-17-4-2-3-5-18(17)27-20)25-8-6-14(7-9-25)15-10-16(21)12-22-11-15/h2-6,10-13H,7-9H2,1H3,(H,23,24,26)/t13-/m1/s1. The number of amides is 1. The van der Waals surface area contributed by atoms with Crippen LogP contribution in [0.25, 0.3) is 15.8 Å². The summed E-state index contributed by atoms with van der Waals surface area (Å²) < 4.78 is 14.4. The lowest BCUT2D eigenvalue weighted by Crippen LogP contribution is -2.44. The summed E-state index contributed by atoms with van der Waals surface area (Å²) in [6.07, 6.45) is 5.67. The van der Waals surface area contributed by atoms with E-state index in [0.717, 1.165) is 34.3 Å². The lowest BCUT2D eigenvalue weighted by molar-refractivity contribution is -0.120. The van der Waals surface area contributed by atoms with Gasteiger partial charge in [-0.1, -0.05) is 29.5 Å². The van der Waals surface area contributed by atoms with Gasteiger partial charge in [-0.2, -0.15) is 0 Å². The number of anilines is 1. The Morgan fingerprint density at radius 1 is 1.33 bits per heavy atom. The number of nitrogens with zero attached hydrogens (tertiary/aromatic N) is 3. The first-order chi connectivity index (χ1) is 13.1. The molecule has 0 saturated carbocycles. The average molecular weight is 382 g/mol. The van der Waals surface area contributed by atoms with E-state index in [-0.39, 0.29) is 17.8 Å². The van der Waals surface area contributed by atoms with Gasteiger partial charge in [-0.15, -0.1) is 0 Å². The number of thiazole rings is 1. The summed E-state index contributed by atoms with van der Waals surface area (Å²) in [6, 6.07) is 9.04. The number of benzene rings is 1. The van der Waals surface area contributed by atoms with Gasteiger partial charge in [-0.05, 0) is 42.7 Å². The molecule has 1 aliphatic heterocycles. The molecule has 1 aromatic carbocycles. The zero-order valence-electron chi connectivity index (χ0n) is 14.9. The van der Waals surface area contributed by atoms with Crippen LogP contribution in [0.1, 0.15) is 18.9 Å². The molecule has 0 bridgehead atoms. The molecule has 0 saturated heterocycles. The van der Waals surface area contributed by atoms with Crippen LogP contribution >= 0.6 is 11.3 Å². The fraction of sp³-hybridized carbons (Fsp3) is 0.250. The third kappa shape index (κ3) is 3.89. The molecule has 0 aliphatic carbocycles. The Hall–Kier alpha value is -2.64. The number of carbonyl (C=O) groups is 1. The Balaban J connectivity index is 1.41. The van der Waals surface area contributed by atoms with Gasteiger partial charge in [0.15, 0.2) is 5.13 Å². The van der Waals surface area contributed by atoms with E-state index in [1.54, 1.807) is 6.20 Å². The number of hydrogen-bond donors (Lipinski definition) is 1. The minimum atomic E-state index is -0.334. The van der Waals surface area contributed by atoms with Crippen LogP contribution in [0.2, 0.25) is 0 Å². The highest BCUT2D eigenvalue weighted by atomic mass is 32.1. The second kappa shape index (κ2) is 7.54. The van der Waals surface area contributed by atoms with Gasteiger partial charge in [-0.3, -0.25) is 14.7 Å². The van der Waals surface area contributed by atoms with Crippen LogP contribution in [-0.2, 0) is 4.79 Å². The quantitative estimate of drug-likeness (QED) is 0.742. The lowest BCUT2D eigenvalue weighted by atomic mass is 10.00. The molecular weight excluding hydrogens is 363 g/mol. The van der Waals surface area contributed by atoms with E-state index in [9.17, 15) is 9.18 Å². The first-order valence-corrected chi connectivity index (χ1v) is 9.62. The third-order valence-electron chi connectivity index (χ3n) is 4.77. The fourth-order valence-corrected chi connectivity index (χ4v) is 4.06. The molecule has 1 aliphatic rings. The number of carbonyl (C=O) groups excluding carboxylic acids is 1. The summed E-state index contributed by atoms with van der Waals surface area (Å²) in [5, 5.41) is 3.54. The molecule has 2 aromatic heterocycles. The van der Waals surface area contributed by atoms with E-state index in [1.807, 2.05) is 37.3 Å². The van der Waals surface area contributed by atoms with E-state index in [4.69, 9.17) is 0 Å². The van der Waals surface area contributed by atoms with Crippen molar-refractivity contribution in [2.75, 3.05) is 18.4 Å². The van der Waals surface area contributed by atoms with Crippen LogP contribution < -0.4 is 5.32 Å². The fourth-order valence-electron chi connectivity index (χ4n) is 3.19. The number of hydrogen-bond acceptors (Lipinski definition) is 5. The van der Waals surface area contributed by atoms with E-state index < -0.39 is 0 Å². The summed E-state index contributed by atoms with van der Waals surface area (Å²) in [4.78, 5) is 23.1. The van der Waals surface area contributed by atoms with E-state index in [0.29, 0.717) is 11.7 Å². The van der Waals surface area contributed by atoms with Crippen molar-refractivity contribution in [3.05, 3.63) is 60.2 Å². The highest BCUT2D eigenvalue weighted by molar-refractivity contribution is 7.22. The summed E-state index contributed by atoms with van der Waals surface area (Å²) >= 11 is 1.47. The lowest BCUT2D eigenvalue weighted by Gasteiger charge is -2.30. The molecule has 0 spiro atoms. The summed E-state index contributed by atoms with van der Waals surface area (Å²) in [6.45, 7) is 3.27. The van der Waals surface area contributed by atoms with E-state index in [1.165, 1.54) is 23.6 Å². The van der Waals surface area contributed by atoms with Gasteiger partial charge in [0.2, 0.25) is 5.91 Å². The van der Waals surface area contributed by atoms with Crippen LogP contribution in [-0.4, -0.2) is 39.9 Å². The summed E-state index contributed by atoms with van der Waals surface area (Å²) in [5.74, 6) is -0.405. The molecule has 0 radical (unpaired) electrons. The molecule has 3 heterocycles. The van der Waals surface area contributed by atoms with Gasteiger partial charge in [0, 0.05) is 19.3 Å². The smallest absolute Gasteiger partial charge is 0.243 e. The molecular formula is C20H19FN4OS. The van der Waals surface area contributed by atoms with Gasteiger partial charge in [0.05, 0.1) is 22.5 Å². The monoisotopic (exact) mass is 382 g/mol. The van der Waals surface area contributed by atoms with Crippen LogP contribution in [0.5, 0.6) is 0 Å². The average Bonchev–Trinajstić information content (AvgIpc) is 3.09. The first kappa shape index (κ1) is 17.8. The molecule has 4 rings (SSSR count). The van der Waals surface area contributed by atoms with Gasteiger partial charge < -0.3 is 5.32 Å². The molecule has 1 N–H and O–H groups in total. The maximum atomic E-state index is 13.4. The van der Waals surface area contributed by atoms with Crippen molar-refractivity contribution in [1.82, 2.24) is 14.9 Å². The van der Waals surface area contributed by atoms with Crippen molar-refractivity contribution in [2.45, 2.75) is 19.4 Å². The predicted molar refractivity (Wildman–Crippen MR) is 106 cm³/mol. The Labute approximate surface area is 160 Å². The highest BCUT2D eigenvalue weighted by Crippen LogP contribution is 2.26. The molecule has 1 atom stereocenters. The Kier molecular flexibility index (Phi) is 4.96. The van der Waals surface area contributed by atoms with Crippen LogP contribution in [0.15, 0.2) is 48.8 Å².